The number of aryl methyl sites for hydroxylation is 1. The van der Waals surface area contributed by atoms with Crippen LogP contribution in [0.25, 0.3) is 17.0 Å². The minimum absolute atomic E-state index is 0.695. The van der Waals surface area contributed by atoms with Gasteiger partial charge >= 0.3 is 0 Å². The van der Waals surface area contributed by atoms with Crippen LogP contribution in [0.1, 0.15) is 17.7 Å². The maximum absolute atomic E-state index is 5.42. The topological polar surface area (TPSA) is 54.7 Å². The highest BCUT2D eigenvalue weighted by Crippen LogP contribution is 2.17. The maximum atomic E-state index is 5.42. The van der Waals surface area contributed by atoms with Crippen LogP contribution in [0.15, 0.2) is 24.3 Å². The predicted molar refractivity (Wildman–Crippen MR) is 63.5 cm³/mol. The standard InChI is InChI=1S/C12H15N3/c1-9-11-6-5-10(4-2-3-7-13)8-12(11)15-14-9/h2,4-6,8H,3,7,13H2,1H3,(H,14,15). The Balaban J connectivity index is 2.31. The lowest BCUT2D eigenvalue weighted by molar-refractivity contribution is 1.01. The fraction of sp³-hybridized carbons (Fsp3) is 0.250. The van der Waals surface area contributed by atoms with Crippen molar-refractivity contribution in [1.29, 1.82) is 0 Å². The number of fused-ring (bicyclic) bond motifs is 1. The highest BCUT2D eigenvalue weighted by molar-refractivity contribution is 5.83. The van der Waals surface area contributed by atoms with Gasteiger partial charge in [0.2, 0.25) is 0 Å². The summed E-state index contributed by atoms with van der Waals surface area (Å²) in [7, 11) is 0. The highest BCUT2D eigenvalue weighted by atomic mass is 15.1. The molecule has 0 bridgehead atoms. The smallest absolute Gasteiger partial charge is 0.0929 e. The van der Waals surface area contributed by atoms with E-state index in [1.54, 1.807) is 0 Å². The van der Waals surface area contributed by atoms with Crippen LogP contribution in [0.2, 0.25) is 0 Å². The second kappa shape index (κ2) is 4.28. The van der Waals surface area contributed by atoms with Crippen molar-refractivity contribution in [3.8, 4) is 0 Å². The number of H-pyrrole nitrogens is 1. The van der Waals surface area contributed by atoms with Crippen LogP contribution in [0, 0.1) is 6.92 Å². The molecule has 15 heavy (non-hydrogen) atoms. The van der Waals surface area contributed by atoms with Crippen LogP contribution in [-0.2, 0) is 0 Å². The van der Waals surface area contributed by atoms with E-state index in [2.05, 4.69) is 40.5 Å². The molecular weight excluding hydrogens is 186 g/mol. The van der Waals surface area contributed by atoms with Gasteiger partial charge in [-0.15, -0.1) is 0 Å². The molecule has 3 N–H and O–H groups in total. The summed E-state index contributed by atoms with van der Waals surface area (Å²) in [6.45, 7) is 2.72. The van der Waals surface area contributed by atoms with Gasteiger partial charge in [-0.2, -0.15) is 5.10 Å². The van der Waals surface area contributed by atoms with E-state index in [9.17, 15) is 0 Å². The Morgan fingerprint density at radius 3 is 3.13 bits per heavy atom. The number of nitrogens with zero attached hydrogens (tertiary/aromatic N) is 1. The van der Waals surface area contributed by atoms with Crippen molar-refractivity contribution in [1.82, 2.24) is 10.2 Å². The number of nitrogens with two attached hydrogens (primary N) is 1. The number of aromatic nitrogens is 2. The summed E-state index contributed by atoms with van der Waals surface area (Å²) in [5.74, 6) is 0. The Morgan fingerprint density at radius 2 is 2.33 bits per heavy atom. The van der Waals surface area contributed by atoms with Gasteiger partial charge in [0.1, 0.15) is 0 Å². The molecule has 0 spiro atoms. The average molecular weight is 201 g/mol. The summed E-state index contributed by atoms with van der Waals surface area (Å²) >= 11 is 0. The van der Waals surface area contributed by atoms with Gasteiger partial charge < -0.3 is 5.73 Å². The van der Waals surface area contributed by atoms with Crippen LogP contribution in [-0.4, -0.2) is 16.7 Å². The molecule has 0 saturated heterocycles. The average Bonchev–Trinajstić information content (AvgIpc) is 2.61. The Kier molecular flexibility index (Phi) is 2.83. The maximum Gasteiger partial charge on any atom is 0.0929 e. The predicted octanol–water partition coefficient (Wildman–Crippen LogP) is 2.23. The molecule has 1 aromatic carbocycles. The van der Waals surface area contributed by atoms with E-state index in [4.69, 9.17) is 5.73 Å². The minimum atomic E-state index is 0.695. The number of hydrogen-bond donors (Lipinski definition) is 2. The molecule has 2 aromatic rings. The number of aromatic amines is 1. The molecule has 0 amide bonds. The van der Waals surface area contributed by atoms with Crippen molar-refractivity contribution in [2.24, 2.45) is 5.73 Å². The van der Waals surface area contributed by atoms with Gasteiger partial charge in [-0.05, 0) is 31.5 Å². The van der Waals surface area contributed by atoms with Crippen LogP contribution in [0.3, 0.4) is 0 Å². The normalized spacial score (nSPS) is 11.6. The summed E-state index contributed by atoms with van der Waals surface area (Å²) in [6.07, 6.45) is 5.08. The van der Waals surface area contributed by atoms with Gasteiger partial charge in [-0.1, -0.05) is 24.3 Å². The van der Waals surface area contributed by atoms with E-state index in [-0.39, 0.29) is 0 Å². The first kappa shape index (κ1) is 9.93. The van der Waals surface area contributed by atoms with E-state index in [0.717, 1.165) is 17.6 Å². The van der Waals surface area contributed by atoms with Crippen molar-refractivity contribution in [2.75, 3.05) is 6.54 Å². The molecule has 0 aliphatic heterocycles. The minimum Gasteiger partial charge on any atom is -0.330 e. The molecule has 0 unspecified atom stereocenters. The molecule has 0 atom stereocenters. The molecule has 0 aliphatic rings. The van der Waals surface area contributed by atoms with Gasteiger partial charge in [0, 0.05) is 11.1 Å². The van der Waals surface area contributed by atoms with E-state index in [0.29, 0.717) is 6.54 Å². The number of benzene rings is 1. The van der Waals surface area contributed by atoms with Gasteiger partial charge in [-0.3, -0.25) is 5.10 Å². The van der Waals surface area contributed by atoms with Gasteiger partial charge in [0.05, 0.1) is 5.52 Å². The molecule has 0 aliphatic carbocycles. The zero-order chi connectivity index (χ0) is 10.7. The number of nitrogens with one attached hydrogen (secondary N) is 1. The van der Waals surface area contributed by atoms with Crippen molar-refractivity contribution in [3.63, 3.8) is 0 Å². The lowest BCUT2D eigenvalue weighted by Gasteiger charge is -1.94. The highest BCUT2D eigenvalue weighted by Gasteiger charge is 2.00. The summed E-state index contributed by atoms with van der Waals surface area (Å²) in [6, 6.07) is 6.26. The van der Waals surface area contributed by atoms with Crippen LogP contribution < -0.4 is 5.73 Å². The first-order valence-corrected chi connectivity index (χ1v) is 5.12. The van der Waals surface area contributed by atoms with Crippen molar-refractivity contribution in [3.05, 3.63) is 35.5 Å². The van der Waals surface area contributed by atoms with E-state index in [1.165, 1.54) is 10.9 Å². The van der Waals surface area contributed by atoms with Crippen LogP contribution >= 0.6 is 0 Å². The van der Waals surface area contributed by atoms with E-state index < -0.39 is 0 Å². The number of rotatable bonds is 3. The van der Waals surface area contributed by atoms with Crippen molar-refractivity contribution >= 4 is 17.0 Å². The summed E-state index contributed by atoms with van der Waals surface area (Å²) in [5.41, 5.74) is 8.72. The quantitative estimate of drug-likeness (QED) is 0.800. The third kappa shape index (κ3) is 2.07. The largest absolute Gasteiger partial charge is 0.330 e. The second-order valence-corrected chi connectivity index (χ2v) is 3.60. The van der Waals surface area contributed by atoms with Gasteiger partial charge in [0.25, 0.3) is 0 Å². The molecule has 0 radical (unpaired) electrons. The SMILES string of the molecule is Cc1[nH]nc2cc(C=CCCN)ccc12. The molecular formula is C12H15N3. The Labute approximate surface area is 89.0 Å². The molecule has 0 saturated carbocycles. The van der Waals surface area contributed by atoms with Crippen molar-refractivity contribution < 1.29 is 0 Å². The second-order valence-electron chi connectivity index (χ2n) is 3.60. The molecule has 3 heteroatoms. The zero-order valence-corrected chi connectivity index (χ0v) is 8.83. The third-order valence-corrected chi connectivity index (χ3v) is 2.41. The summed E-state index contributed by atoms with van der Waals surface area (Å²) in [4.78, 5) is 0. The Bertz CT molecular complexity index is 483. The molecule has 1 aromatic heterocycles. The summed E-state index contributed by atoms with van der Waals surface area (Å²) in [5, 5.41) is 8.39. The Morgan fingerprint density at radius 1 is 1.47 bits per heavy atom. The van der Waals surface area contributed by atoms with Crippen LogP contribution in [0.5, 0.6) is 0 Å². The van der Waals surface area contributed by atoms with Crippen LogP contribution in [0.4, 0.5) is 0 Å². The summed E-state index contributed by atoms with van der Waals surface area (Å²) < 4.78 is 0. The lowest BCUT2D eigenvalue weighted by Crippen LogP contribution is -1.94. The number of hydrogen-bond acceptors (Lipinski definition) is 2. The third-order valence-electron chi connectivity index (χ3n) is 2.41. The van der Waals surface area contributed by atoms with Crippen molar-refractivity contribution in [2.45, 2.75) is 13.3 Å². The fourth-order valence-corrected chi connectivity index (χ4v) is 1.58. The molecule has 1 heterocycles. The molecule has 3 nitrogen and oxygen atoms in total. The van der Waals surface area contributed by atoms with E-state index in [1.807, 2.05) is 6.92 Å². The monoisotopic (exact) mass is 201 g/mol. The molecule has 0 fully saturated rings. The molecule has 78 valence electrons. The zero-order valence-electron chi connectivity index (χ0n) is 8.83. The molecule has 2 rings (SSSR count). The fourth-order valence-electron chi connectivity index (χ4n) is 1.58. The Hall–Kier alpha value is -1.61. The lowest BCUT2D eigenvalue weighted by atomic mass is 10.1. The first-order valence-electron chi connectivity index (χ1n) is 5.12. The van der Waals surface area contributed by atoms with Gasteiger partial charge in [0.15, 0.2) is 0 Å². The first-order chi connectivity index (χ1) is 7.31. The van der Waals surface area contributed by atoms with Gasteiger partial charge in [-0.25, -0.2) is 0 Å². The van der Waals surface area contributed by atoms with E-state index >= 15 is 0 Å².